The van der Waals surface area contributed by atoms with Gasteiger partial charge in [0.1, 0.15) is 17.7 Å². The Balaban J connectivity index is 1.34. The van der Waals surface area contributed by atoms with Gasteiger partial charge in [-0.1, -0.05) is 12.1 Å². The Morgan fingerprint density at radius 3 is 2.72 bits per heavy atom. The summed E-state index contributed by atoms with van der Waals surface area (Å²) in [5, 5.41) is 30.9. The van der Waals surface area contributed by atoms with Crippen molar-refractivity contribution in [1.82, 2.24) is 4.90 Å². The second kappa shape index (κ2) is 8.60. The number of para-hydroxylation sites is 1. The number of nitro benzene ring substituents is 1. The Hall–Kier alpha value is -3.44. The van der Waals surface area contributed by atoms with Crippen LogP contribution in [0.4, 0.5) is 5.69 Å². The van der Waals surface area contributed by atoms with Gasteiger partial charge < -0.3 is 19.8 Å². The number of hydrogen-bond acceptors (Lipinski definition) is 9. The molecule has 2 N–H and O–H groups in total. The first-order valence-electron chi connectivity index (χ1n) is 9.65. The van der Waals surface area contributed by atoms with Crippen molar-refractivity contribution < 1.29 is 29.5 Å². The van der Waals surface area contributed by atoms with Crippen LogP contribution in [0.25, 0.3) is 0 Å². The number of rotatable bonds is 6. The summed E-state index contributed by atoms with van der Waals surface area (Å²) in [5.41, 5.74) is -0.910. The zero-order valence-electron chi connectivity index (χ0n) is 16.7. The second-order valence-corrected chi connectivity index (χ2v) is 8.59. The Morgan fingerprint density at radius 1 is 1.31 bits per heavy atom. The molecule has 2 heterocycles. The molecule has 0 radical (unpaired) electrons. The molecule has 2 aliphatic rings. The number of benzene rings is 2. The van der Waals surface area contributed by atoms with Gasteiger partial charge in [0, 0.05) is 29.7 Å². The number of carbonyl (C=O) groups is 2. The van der Waals surface area contributed by atoms with E-state index in [0.717, 1.165) is 0 Å². The highest BCUT2D eigenvalue weighted by molar-refractivity contribution is 8.00. The summed E-state index contributed by atoms with van der Waals surface area (Å²) >= 11 is 1.23. The Labute approximate surface area is 186 Å². The molecular weight excluding hydrogens is 438 g/mol. The highest BCUT2D eigenvalue weighted by Gasteiger charge is 2.57. The molecule has 2 aromatic carbocycles. The molecular formula is C21H19N3O7S. The van der Waals surface area contributed by atoms with E-state index in [1.807, 2.05) is 0 Å². The first-order chi connectivity index (χ1) is 15.3. The van der Waals surface area contributed by atoms with Crippen LogP contribution in [0.1, 0.15) is 11.1 Å². The number of ether oxygens (including phenoxy) is 1. The van der Waals surface area contributed by atoms with Crippen LogP contribution in [0.2, 0.25) is 0 Å². The molecule has 2 saturated heterocycles. The van der Waals surface area contributed by atoms with Crippen molar-refractivity contribution >= 4 is 35.5 Å². The molecule has 1 amide bonds. The second-order valence-electron chi connectivity index (χ2n) is 7.48. The van der Waals surface area contributed by atoms with Gasteiger partial charge in [0.15, 0.2) is 11.6 Å². The first-order valence-corrected chi connectivity index (χ1v) is 10.7. The van der Waals surface area contributed by atoms with Crippen molar-refractivity contribution in [1.29, 1.82) is 0 Å². The fourth-order valence-electron chi connectivity index (χ4n) is 3.42. The molecule has 32 heavy (non-hydrogen) atoms. The zero-order chi connectivity index (χ0) is 22.9. The predicted molar refractivity (Wildman–Crippen MR) is 115 cm³/mol. The number of hydrogen-bond donors (Lipinski definition) is 2. The number of aliphatic hydroxyl groups is 1. The van der Waals surface area contributed by atoms with E-state index in [2.05, 4.69) is 4.99 Å². The molecule has 2 fully saturated rings. The number of aromatic hydroxyl groups is 1. The molecule has 2 aromatic rings. The van der Waals surface area contributed by atoms with Crippen molar-refractivity contribution in [2.75, 3.05) is 12.3 Å². The van der Waals surface area contributed by atoms with E-state index >= 15 is 0 Å². The van der Waals surface area contributed by atoms with E-state index in [1.54, 1.807) is 18.2 Å². The zero-order valence-corrected chi connectivity index (χ0v) is 17.5. The van der Waals surface area contributed by atoms with E-state index in [9.17, 15) is 29.9 Å². The van der Waals surface area contributed by atoms with Gasteiger partial charge in [-0.2, -0.15) is 0 Å². The van der Waals surface area contributed by atoms with E-state index in [-0.39, 0.29) is 41.6 Å². The van der Waals surface area contributed by atoms with Crippen molar-refractivity contribution in [3.05, 3.63) is 69.8 Å². The number of thioether (sulfide) groups is 1. The molecule has 0 spiro atoms. The standard InChI is InChI=1S/C21H19N3O7S/c25-16-4-2-1-3-14(16)9-22-17-18(26)23-11-21(28,12-32-19(17)23)20(27)31-10-13-5-7-15(8-6-13)24(29)30/h1-9,17,19,25,28H,10-12H2/t17?,19-,21?/m1/s1. The largest absolute Gasteiger partial charge is 0.507 e. The number of amides is 1. The fraction of sp³-hybridized carbons (Fsp3) is 0.286. The van der Waals surface area contributed by atoms with Crippen LogP contribution in [-0.2, 0) is 20.9 Å². The molecule has 10 nitrogen and oxygen atoms in total. The summed E-state index contributed by atoms with van der Waals surface area (Å²) < 4.78 is 5.19. The van der Waals surface area contributed by atoms with Crippen LogP contribution < -0.4 is 0 Å². The highest BCUT2D eigenvalue weighted by Crippen LogP contribution is 2.40. The van der Waals surface area contributed by atoms with Crippen LogP contribution in [0.3, 0.4) is 0 Å². The molecule has 0 aromatic heterocycles. The summed E-state index contributed by atoms with van der Waals surface area (Å²) in [6, 6.07) is 11.5. The summed E-state index contributed by atoms with van der Waals surface area (Å²) in [6.45, 7) is -0.361. The number of phenols is 1. The summed E-state index contributed by atoms with van der Waals surface area (Å²) in [7, 11) is 0. The van der Waals surface area contributed by atoms with E-state index in [0.29, 0.717) is 11.1 Å². The van der Waals surface area contributed by atoms with E-state index < -0.39 is 22.5 Å². The molecule has 11 heteroatoms. The van der Waals surface area contributed by atoms with Crippen molar-refractivity contribution in [2.45, 2.75) is 23.6 Å². The summed E-state index contributed by atoms with van der Waals surface area (Å²) in [4.78, 5) is 40.8. The minimum Gasteiger partial charge on any atom is -0.507 e. The fourth-order valence-corrected chi connectivity index (χ4v) is 4.80. The quantitative estimate of drug-likeness (QED) is 0.218. The topological polar surface area (TPSA) is 143 Å². The number of non-ortho nitro benzene ring substituents is 1. The maximum Gasteiger partial charge on any atom is 0.341 e. The first kappa shape index (κ1) is 21.8. The lowest BCUT2D eigenvalue weighted by molar-refractivity contribution is -0.384. The van der Waals surface area contributed by atoms with E-state index in [1.165, 1.54) is 53.2 Å². The van der Waals surface area contributed by atoms with Crippen molar-refractivity contribution in [3.63, 3.8) is 0 Å². The third-order valence-electron chi connectivity index (χ3n) is 5.25. The Morgan fingerprint density at radius 2 is 2.03 bits per heavy atom. The van der Waals surface area contributed by atoms with Gasteiger partial charge in [0.05, 0.1) is 11.5 Å². The molecule has 0 bridgehead atoms. The van der Waals surface area contributed by atoms with Crippen LogP contribution in [0.5, 0.6) is 5.75 Å². The van der Waals surface area contributed by atoms with Crippen molar-refractivity contribution in [3.8, 4) is 5.75 Å². The number of carbonyl (C=O) groups excluding carboxylic acids is 2. The SMILES string of the molecule is O=C1C(N=Cc2ccccc2O)[C@H]2SCC(O)(C(=O)OCc3ccc([N+](=O)[O-])cc3)CN12. The average Bonchev–Trinajstić information content (AvgIpc) is 2.79. The molecule has 2 aliphatic heterocycles. The molecule has 0 saturated carbocycles. The highest BCUT2D eigenvalue weighted by atomic mass is 32.2. The molecule has 4 rings (SSSR count). The van der Waals surface area contributed by atoms with Gasteiger partial charge in [-0.25, -0.2) is 4.79 Å². The molecule has 166 valence electrons. The van der Waals surface area contributed by atoms with Gasteiger partial charge in [0.25, 0.3) is 11.6 Å². The monoisotopic (exact) mass is 457 g/mol. The molecule has 0 aliphatic carbocycles. The van der Waals surface area contributed by atoms with Gasteiger partial charge in [-0.15, -0.1) is 11.8 Å². The summed E-state index contributed by atoms with van der Waals surface area (Å²) in [5.74, 6) is -1.10. The Kier molecular flexibility index (Phi) is 5.85. The van der Waals surface area contributed by atoms with Crippen LogP contribution >= 0.6 is 11.8 Å². The maximum absolute atomic E-state index is 12.5. The Bertz CT molecular complexity index is 1090. The third kappa shape index (κ3) is 4.16. The lowest BCUT2D eigenvalue weighted by atomic mass is 10.00. The third-order valence-corrected chi connectivity index (χ3v) is 6.74. The number of aliphatic imine (C=N–C) groups is 1. The average molecular weight is 457 g/mol. The van der Waals surface area contributed by atoms with Gasteiger partial charge >= 0.3 is 5.97 Å². The van der Waals surface area contributed by atoms with Gasteiger partial charge in [0.2, 0.25) is 0 Å². The normalized spacial score (nSPS) is 24.7. The lowest BCUT2D eigenvalue weighted by Crippen LogP contribution is -2.70. The number of phenolic OH excluding ortho intramolecular Hbond substituents is 1. The minimum atomic E-state index is -1.86. The predicted octanol–water partition coefficient (Wildman–Crippen LogP) is 1.48. The van der Waals surface area contributed by atoms with E-state index in [4.69, 9.17) is 4.74 Å². The minimum absolute atomic E-state index is 0.0309. The van der Waals surface area contributed by atoms with Crippen LogP contribution in [0.15, 0.2) is 53.5 Å². The number of fused-ring (bicyclic) bond motifs is 1. The van der Waals surface area contributed by atoms with Gasteiger partial charge in [-0.3, -0.25) is 19.9 Å². The number of nitro groups is 1. The number of β-lactam (4-membered cyclic amide) rings is 1. The molecule has 3 atom stereocenters. The van der Waals surface area contributed by atoms with Crippen LogP contribution in [-0.4, -0.2) is 67.4 Å². The number of esters is 1. The maximum atomic E-state index is 12.5. The molecule has 2 unspecified atom stereocenters. The van der Waals surface area contributed by atoms with Crippen LogP contribution in [0, 0.1) is 10.1 Å². The lowest BCUT2D eigenvalue weighted by Gasteiger charge is -2.51. The smallest absolute Gasteiger partial charge is 0.341 e. The van der Waals surface area contributed by atoms with Gasteiger partial charge in [-0.05, 0) is 29.8 Å². The summed E-state index contributed by atoms with van der Waals surface area (Å²) in [6.07, 6.45) is 1.44. The number of nitrogens with zero attached hydrogens (tertiary/aromatic N) is 3. The van der Waals surface area contributed by atoms with Crippen molar-refractivity contribution in [2.24, 2.45) is 4.99 Å².